The van der Waals surface area contributed by atoms with Gasteiger partial charge in [0.15, 0.2) is 0 Å². The highest BCUT2D eigenvalue weighted by molar-refractivity contribution is 5.75. The summed E-state index contributed by atoms with van der Waals surface area (Å²) in [6, 6.07) is 7.55. The number of carboxylic acid groups (broad SMARTS) is 1. The van der Waals surface area contributed by atoms with Crippen molar-refractivity contribution in [1.82, 2.24) is 0 Å². The number of aliphatic carboxylic acids is 1. The SMILES string of the molecule is CC(C)CC(CN)(CCc1ccc(N)cc1)C(=O)O. The third-order valence-corrected chi connectivity index (χ3v) is 3.52. The van der Waals surface area contributed by atoms with Crippen molar-refractivity contribution in [1.29, 1.82) is 0 Å². The van der Waals surface area contributed by atoms with Gasteiger partial charge in [-0.1, -0.05) is 26.0 Å². The summed E-state index contributed by atoms with van der Waals surface area (Å²) in [6.07, 6.45) is 1.87. The minimum atomic E-state index is -0.824. The molecule has 0 aliphatic carbocycles. The molecule has 1 rings (SSSR count). The minimum absolute atomic E-state index is 0.176. The fraction of sp³-hybridized carbons (Fsp3) is 0.533. The van der Waals surface area contributed by atoms with Crippen LogP contribution in [0.3, 0.4) is 0 Å². The largest absolute Gasteiger partial charge is 0.481 e. The highest BCUT2D eigenvalue weighted by Crippen LogP contribution is 2.31. The number of nitrogens with two attached hydrogens (primary N) is 2. The van der Waals surface area contributed by atoms with E-state index in [0.717, 1.165) is 5.56 Å². The van der Waals surface area contributed by atoms with Crippen LogP contribution in [0, 0.1) is 11.3 Å². The van der Waals surface area contributed by atoms with Gasteiger partial charge < -0.3 is 16.6 Å². The maximum absolute atomic E-state index is 11.6. The summed E-state index contributed by atoms with van der Waals surface area (Å²) in [5, 5.41) is 9.49. The maximum Gasteiger partial charge on any atom is 0.310 e. The Morgan fingerprint density at radius 2 is 1.89 bits per heavy atom. The van der Waals surface area contributed by atoms with Gasteiger partial charge in [-0.05, 0) is 42.9 Å². The van der Waals surface area contributed by atoms with Gasteiger partial charge in [0.2, 0.25) is 0 Å². The van der Waals surface area contributed by atoms with Crippen LogP contribution in [0.5, 0.6) is 0 Å². The number of rotatable bonds is 7. The third-order valence-electron chi connectivity index (χ3n) is 3.52. The van der Waals surface area contributed by atoms with E-state index in [1.54, 1.807) is 0 Å². The van der Waals surface area contributed by atoms with Gasteiger partial charge in [0.1, 0.15) is 0 Å². The van der Waals surface area contributed by atoms with E-state index in [4.69, 9.17) is 11.5 Å². The Labute approximate surface area is 114 Å². The molecule has 0 saturated heterocycles. The second-order valence-electron chi connectivity index (χ2n) is 5.63. The van der Waals surface area contributed by atoms with Gasteiger partial charge in [0.25, 0.3) is 0 Å². The number of anilines is 1. The lowest BCUT2D eigenvalue weighted by atomic mass is 9.76. The number of carbonyl (C=O) groups is 1. The Balaban J connectivity index is 2.77. The monoisotopic (exact) mass is 264 g/mol. The highest BCUT2D eigenvalue weighted by Gasteiger charge is 2.37. The summed E-state index contributed by atoms with van der Waals surface area (Å²) in [4.78, 5) is 11.6. The molecular weight excluding hydrogens is 240 g/mol. The average Bonchev–Trinajstić information content (AvgIpc) is 2.35. The molecule has 4 heteroatoms. The lowest BCUT2D eigenvalue weighted by Gasteiger charge is -2.29. The minimum Gasteiger partial charge on any atom is -0.481 e. The maximum atomic E-state index is 11.6. The Morgan fingerprint density at radius 1 is 1.32 bits per heavy atom. The van der Waals surface area contributed by atoms with Crippen LogP contribution in [0.2, 0.25) is 0 Å². The molecule has 1 atom stereocenters. The molecule has 19 heavy (non-hydrogen) atoms. The molecule has 0 aliphatic heterocycles. The molecule has 0 amide bonds. The molecule has 0 bridgehead atoms. The fourth-order valence-electron chi connectivity index (χ4n) is 2.42. The predicted molar refractivity (Wildman–Crippen MR) is 77.8 cm³/mol. The zero-order valence-corrected chi connectivity index (χ0v) is 11.7. The normalized spacial score (nSPS) is 14.3. The Kier molecular flexibility index (Phi) is 5.36. The number of carboxylic acids is 1. The van der Waals surface area contributed by atoms with Crippen molar-refractivity contribution in [3.05, 3.63) is 29.8 Å². The van der Waals surface area contributed by atoms with Crippen molar-refractivity contribution in [3.63, 3.8) is 0 Å². The lowest BCUT2D eigenvalue weighted by Crippen LogP contribution is -2.40. The van der Waals surface area contributed by atoms with E-state index in [0.29, 0.717) is 30.9 Å². The molecule has 4 nitrogen and oxygen atoms in total. The second kappa shape index (κ2) is 6.57. The van der Waals surface area contributed by atoms with Crippen LogP contribution in [0.25, 0.3) is 0 Å². The van der Waals surface area contributed by atoms with Gasteiger partial charge in [0.05, 0.1) is 5.41 Å². The number of nitrogen functional groups attached to an aromatic ring is 1. The van der Waals surface area contributed by atoms with E-state index in [9.17, 15) is 9.90 Å². The lowest BCUT2D eigenvalue weighted by molar-refractivity contribution is -0.149. The first-order valence-electron chi connectivity index (χ1n) is 6.67. The summed E-state index contributed by atoms with van der Waals surface area (Å²) < 4.78 is 0. The summed E-state index contributed by atoms with van der Waals surface area (Å²) in [5.41, 5.74) is 12.4. The zero-order valence-electron chi connectivity index (χ0n) is 11.7. The van der Waals surface area contributed by atoms with Crippen LogP contribution in [-0.2, 0) is 11.2 Å². The third kappa shape index (κ3) is 4.24. The van der Waals surface area contributed by atoms with Gasteiger partial charge in [-0.15, -0.1) is 0 Å². The summed E-state index contributed by atoms with van der Waals surface area (Å²) in [6.45, 7) is 4.22. The highest BCUT2D eigenvalue weighted by atomic mass is 16.4. The van der Waals surface area contributed by atoms with Crippen LogP contribution in [-0.4, -0.2) is 17.6 Å². The molecule has 1 unspecified atom stereocenters. The van der Waals surface area contributed by atoms with E-state index in [-0.39, 0.29) is 6.54 Å². The van der Waals surface area contributed by atoms with Gasteiger partial charge in [-0.2, -0.15) is 0 Å². The fourth-order valence-corrected chi connectivity index (χ4v) is 2.42. The van der Waals surface area contributed by atoms with Crippen molar-refractivity contribution in [2.75, 3.05) is 12.3 Å². The number of hydrogen-bond acceptors (Lipinski definition) is 3. The van der Waals surface area contributed by atoms with Gasteiger partial charge in [-0.3, -0.25) is 4.79 Å². The van der Waals surface area contributed by atoms with Crippen LogP contribution in [0.1, 0.15) is 32.3 Å². The summed E-state index contributed by atoms with van der Waals surface area (Å²) >= 11 is 0. The van der Waals surface area contributed by atoms with Crippen LogP contribution in [0.4, 0.5) is 5.69 Å². The molecule has 0 spiro atoms. The van der Waals surface area contributed by atoms with Crippen LogP contribution >= 0.6 is 0 Å². The van der Waals surface area contributed by atoms with Crippen molar-refractivity contribution >= 4 is 11.7 Å². The van der Waals surface area contributed by atoms with Gasteiger partial charge in [-0.25, -0.2) is 0 Å². The number of benzene rings is 1. The quantitative estimate of drug-likeness (QED) is 0.659. The average molecular weight is 264 g/mol. The summed E-state index contributed by atoms with van der Waals surface area (Å²) in [5.74, 6) is -0.481. The van der Waals surface area contributed by atoms with E-state index in [1.807, 2.05) is 38.1 Å². The molecule has 5 N–H and O–H groups in total. The van der Waals surface area contributed by atoms with Crippen molar-refractivity contribution < 1.29 is 9.90 Å². The first-order valence-corrected chi connectivity index (χ1v) is 6.67. The molecule has 0 heterocycles. The Hall–Kier alpha value is -1.55. The molecular formula is C15H24N2O2. The Bertz CT molecular complexity index is 415. The molecule has 0 fully saturated rings. The smallest absolute Gasteiger partial charge is 0.310 e. The number of hydrogen-bond donors (Lipinski definition) is 3. The molecule has 106 valence electrons. The first-order chi connectivity index (χ1) is 8.89. The molecule has 1 aromatic rings. The molecule has 1 aromatic carbocycles. The second-order valence-corrected chi connectivity index (χ2v) is 5.63. The molecule has 0 radical (unpaired) electrons. The predicted octanol–water partition coefficient (Wildman–Crippen LogP) is 2.28. The molecule has 0 aromatic heterocycles. The zero-order chi connectivity index (χ0) is 14.5. The van der Waals surface area contributed by atoms with E-state index in [2.05, 4.69) is 0 Å². The van der Waals surface area contributed by atoms with Gasteiger partial charge in [0, 0.05) is 12.2 Å². The van der Waals surface area contributed by atoms with E-state index < -0.39 is 11.4 Å². The Morgan fingerprint density at radius 3 is 2.32 bits per heavy atom. The first kappa shape index (κ1) is 15.5. The topological polar surface area (TPSA) is 89.3 Å². The standard InChI is InChI=1S/C15H24N2O2/c1-11(2)9-15(10-16,14(18)19)8-7-12-3-5-13(17)6-4-12/h3-6,11H,7-10,16-17H2,1-2H3,(H,18,19). The van der Waals surface area contributed by atoms with Crippen LogP contribution < -0.4 is 11.5 Å². The van der Waals surface area contributed by atoms with Crippen LogP contribution in [0.15, 0.2) is 24.3 Å². The summed E-state index contributed by atoms with van der Waals surface area (Å²) in [7, 11) is 0. The molecule has 0 aliphatic rings. The van der Waals surface area contributed by atoms with E-state index >= 15 is 0 Å². The van der Waals surface area contributed by atoms with E-state index in [1.165, 1.54) is 0 Å². The molecule has 0 saturated carbocycles. The van der Waals surface area contributed by atoms with Crippen molar-refractivity contribution in [2.45, 2.75) is 33.1 Å². The van der Waals surface area contributed by atoms with Crippen molar-refractivity contribution in [2.24, 2.45) is 17.1 Å². The number of aryl methyl sites for hydroxylation is 1. The van der Waals surface area contributed by atoms with Crippen molar-refractivity contribution in [3.8, 4) is 0 Å². The van der Waals surface area contributed by atoms with Gasteiger partial charge >= 0.3 is 5.97 Å².